The fourth-order valence-corrected chi connectivity index (χ4v) is 7.99. The molecule has 0 saturated carbocycles. The number of nitrogens with two attached hydrogens (primary N) is 1. The van der Waals surface area contributed by atoms with E-state index in [1.807, 2.05) is 0 Å². The van der Waals surface area contributed by atoms with Gasteiger partial charge in [-0.25, -0.2) is 4.57 Å². The molecule has 0 spiro atoms. The maximum atomic E-state index is 12.7. The van der Waals surface area contributed by atoms with Crippen LogP contribution in [0.15, 0.2) is 24.3 Å². The predicted molar refractivity (Wildman–Crippen MR) is 254 cm³/mol. The molecule has 1 unspecified atom stereocenters. The summed E-state index contributed by atoms with van der Waals surface area (Å²) in [4.78, 5) is 46.2. The van der Waals surface area contributed by atoms with Crippen LogP contribution in [-0.2, 0) is 37.5 Å². The number of phosphoric acid groups is 1. The first-order valence-electron chi connectivity index (χ1n) is 25.4. The summed E-state index contributed by atoms with van der Waals surface area (Å²) >= 11 is 0. The largest absolute Gasteiger partial charge is 0.480 e. The van der Waals surface area contributed by atoms with Gasteiger partial charge in [-0.05, 0) is 44.9 Å². The van der Waals surface area contributed by atoms with Crippen molar-refractivity contribution in [2.24, 2.45) is 5.73 Å². The molecule has 0 radical (unpaired) electrons. The van der Waals surface area contributed by atoms with Gasteiger partial charge in [0.15, 0.2) is 6.10 Å². The van der Waals surface area contributed by atoms with Crippen molar-refractivity contribution >= 4 is 25.7 Å². The van der Waals surface area contributed by atoms with Crippen molar-refractivity contribution in [2.75, 3.05) is 19.8 Å². The van der Waals surface area contributed by atoms with Crippen molar-refractivity contribution in [3.8, 4) is 0 Å². The van der Waals surface area contributed by atoms with E-state index in [0.717, 1.165) is 51.4 Å². The van der Waals surface area contributed by atoms with Gasteiger partial charge in [-0.15, -0.1) is 0 Å². The molecule has 0 aromatic carbocycles. The summed E-state index contributed by atoms with van der Waals surface area (Å²) in [7, 11) is -4.72. The summed E-state index contributed by atoms with van der Waals surface area (Å²) in [5, 5.41) is 8.92. The highest BCUT2D eigenvalue weighted by Gasteiger charge is 2.28. The van der Waals surface area contributed by atoms with E-state index in [9.17, 15) is 23.8 Å². The number of phosphoric ester groups is 1. The van der Waals surface area contributed by atoms with Gasteiger partial charge in [-0.1, -0.05) is 212 Å². The molecule has 62 heavy (non-hydrogen) atoms. The lowest BCUT2D eigenvalue weighted by Gasteiger charge is -2.20. The van der Waals surface area contributed by atoms with Crippen molar-refractivity contribution < 1.29 is 47.5 Å². The Hall–Kier alpha value is -2.04. The lowest BCUT2D eigenvalue weighted by atomic mass is 10.0. The second kappa shape index (κ2) is 45.5. The van der Waals surface area contributed by atoms with Crippen molar-refractivity contribution in [3.05, 3.63) is 24.3 Å². The number of carbonyl (C=O) groups excluding carboxylic acids is 2. The maximum absolute atomic E-state index is 12.7. The van der Waals surface area contributed by atoms with Crippen LogP contribution in [-0.4, -0.2) is 59.9 Å². The number of unbranched alkanes of at least 4 members (excludes halogenated alkanes) is 30. The third-order valence-electron chi connectivity index (χ3n) is 11.2. The molecule has 12 heteroatoms. The SMILES string of the molecule is CCCCC/C=C/C/C=C/CCCCCCCCCCCC(=O)O[C@H](COC(=O)CCCCCCCCCCCCCCCCCCCCC)COP(=O)(O)OC[C@H](N)C(=O)O. The minimum Gasteiger partial charge on any atom is -0.480 e. The number of hydrogen-bond acceptors (Lipinski definition) is 9. The van der Waals surface area contributed by atoms with Crippen LogP contribution in [0.3, 0.4) is 0 Å². The number of rotatable bonds is 48. The zero-order chi connectivity index (χ0) is 45.6. The van der Waals surface area contributed by atoms with Crippen molar-refractivity contribution in [1.29, 1.82) is 0 Å². The van der Waals surface area contributed by atoms with Crippen LogP contribution in [0.2, 0.25) is 0 Å². The quantitative estimate of drug-likeness (QED) is 0.0230. The summed E-state index contributed by atoms with van der Waals surface area (Å²) in [6.45, 7) is 2.82. The zero-order valence-electron chi connectivity index (χ0n) is 39.7. The topological polar surface area (TPSA) is 172 Å². The molecule has 11 nitrogen and oxygen atoms in total. The molecule has 0 amide bonds. The third-order valence-corrected chi connectivity index (χ3v) is 12.2. The smallest absolute Gasteiger partial charge is 0.472 e. The van der Waals surface area contributed by atoms with E-state index in [-0.39, 0.29) is 19.4 Å². The first-order chi connectivity index (χ1) is 30.1. The molecule has 0 rings (SSSR count). The molecule has 0 heterocycles. The molecular formula is C50H94NO10P. The monoisotopic (exact) mass is 900 g/mol. The summed E-state index contributed by atoms with van der Waals surface area (Å²) in [6.07, 6.45) is 49.5. The van der Waals surface area contributed by atoms with Gasteiger partial charge in [0.05, 0.1) is 13.2 Å². The fraction of sp³-hybridized carbons (Fsp3) is 0.860. The molecule has 0 saturated heterocycles. The van der Waals surface area contributed by atoms with E-state index in [1.165, 1.54) is 154 Å². The van der Waals surface area contributed by atoms with E-state index >= 15 is 0 Å². The highest BCUT2D eigenvalue weighted by atomic mass is 31.2. The van der Waals surface area contributed by atoms with Gasteiger partial charge in [0, 0.05) is 12.8 Å². The number of carboxylic acid groups (broad SMARTS) is 1. The standard InChI is InChI=1S/C50H94NO10P/c1-3-5-7-9-11-13-15-17-19-21-23-25-27-29-31-33-35-37-39-41-48(52)58-43-46(44-59-62(56,57)60-45-47(51)50(54)55)61-49(53)42-40-38-36-34-32-30-28-26-24-22-20-18-16-14-12-10-8-6-4-2/h12,14,18,20,46-47H,3-11,13,15-17,19,21-45,51H2,1-2H3,(H,54,55)(H,56,57)/b14-12+,20-18+/t46-,47+/m1/s1. The van der Waals surface area contributed by atoms with E-state index < -0.39 is 51.1 Å². The number of carboxylic acids is 1. The Bertz CT molecular complexity index is 1150. The molecule has 0 aromatic heterocycles. The molecule has 4 N–H and O–H groups in total. The molecule has 0 bridgehead atoms. The highest BCUT2D eigenvalue weighted by molar-refractivity contribution is 7.47. The number of hydrogen-bond donors (Lipinski definition) is 3. The number of ether oxygens (including phenoxy) is 2. The molecule has 0 aliphatic heterocycles. The average Bonchev–Trinajstić information content (AvgIpc) is 3.25. The summed E-state index contributed by atoms with van der Waals surface area (Å²) < 4.78 is 32.8. The Kier molecular flexibility index (Phi) is 44.0. The second-order valence-electron chi connectivity index (χ2n) is 17.3. The van der Waals surface area contributed by atoms with Crippen LogP contribution in [0.1, 0.15) is 245 Å². The van der Waals surface area contributed by atoms with Gasteiger partial charge in [0.1, 0.15) is 12.6 Å². The van der Waals surface area contributed by atoms with Crippen LogP contribution in [0, 0.1) is 0 Å². The summed E-state index contributed by atoms with van der Waals surface area (Å²) in [5.74, 6) is -2.37. The first-order valence-corrected chi connectivity index (χ1v) is 26.9. The molecule has 0 aliphatic carbocycles. The van der Waals surface area contributed by atoms with E-state index in [4.69, 9.17) is 24.8 Å². The molecule has 0 aliphatic rings. The number of allylic oxidation sites excluding steroid dienone is 4. The minimum atomic E-state index is -4.72. The Morgan fingerprint density at radius 3 is 1.29 bits per heavy atom. The van der Waals surface area contributed by atoms with Gasteiger partial charge < -0.3 is 25.2 Å². The van der Waals surface area contributed by atoms with Crippen molar-refractivity contribution in [3.63, 3.8) is 0 Å². The molecule has 0 aromatic rings. The van der Waals surface area contributed by atoms with E-state index in [0.29, 0.717) is 12.8 Å². The Balaban J connectivity index is 4.23. The second-order valence-corrected chi connectivity index (χ2v) is 18.8. The van der Waals surface area contributed by atoms with Gasteiger partial charge in [-0.2, -0.15) is 0 Å². The Labute approximate surface area is 379 Å². The summed E-state index contributed by atoms with van der Waals surface area (Å²) in [5.41, 5.74) is 5.35. The minimum absolute atomic E-state index is 0.159. The van der Waals surface area contributed by atoms with Gasteiger partial charge in [0.25, 0.3) is 0 Å². The van der Waals surface area contributed by atoms with Crippen LogP contribution in [0.25, 0.3) is 0 Å². The Morgan fingerprint density at radius 2 is 0.855 bits per heavy atom. The van der Waals surface area contributed by atoms with Gasteiger partial charge in [-0.3, -0.25) is 23.4 Å². The predicted octanol–water partition coefficient (Wildman–Crippen LogP) is 14.2. The zero-order valence-corrected chi connectivity index (χ0v) is 40.6. The summed E-state index contributed by atoms with van der Waals surface area (Å²) in [6, 6.07) is -1.52. The number of esters is 2. The fourth-order valence-electron chi connectivity index (χ4n) is 7.22. The van der Waals surface area contributed by atoms with Crippen LogP contribution in [0.5, 0.6) is 0 Å². The molecule has 0 fully saturated rings. The highest BCUT2D eigenvalue weighted by Crippen LogP contribution is 2.43. The number of carbonyl (C=O) groups is 3. The van der Waals surface area contributed by atoms with E-state index in [1.54, 1.807) is 0 Å². The molecular weight excluding hydrogens is 806 g/mol. The van der Waals surface area contributed by atoms with Gasteiger partial charge >= 0.3 is 25.7 Å². The Morgan fingerprint density at radius 1 is 0.500 bits per heavy atom. The lowest BCUT2D eigenvalue weighted by molar-refractivity contribution is -0.161. The molecule has 364 valence electrons. The van der Waals surface area contributed by atoms with Crippen LogP contribution < -0.4 is 5.73 Å². The maximum Gasteiger partial charge on any atom is 0.472 e. The number of aliphatic carboxylic acids is 1. The van der Waals surface area contributed by atoms with Crippen LogP contribution in [0.4, 0.5) is 0 Å². The van der Waals surface area contributed by atoms with Crippen molar-refractivity contribution in [2.45, 2.75) is 257 Å². The normalized spacial score (nSPS) is 13.7. The lowest BCUT2D eigenvalue weighted by Crippen LogP contribution is -2.34. The van der Waals surface area contributed by atoms with E-state index in [2.05, 4.69) is 42.7 Å². The van der Waals surface area contributed by atoms with Crippen molar-refractivity contribution in [1.82, 2.24) is 0 Å². The van der Waals surface area contributed by atoms with Crippen LogP contribution >= 0.6 is 7.82 Å². The average molecular weight is 900 g/mol. The molecule has 3 atom stereocenters. The van der Waals surface area contributed by atoms with Gasteiger partial charge in [0.2, 0.25) is 0 Å². The third kappa shape index (κ3) is 44.6. The first kappa shape index (κ1) is 60.0.